The Bertz CT molecular complexity index is 440. The average Bonchev–Trinajstić information content (AvgIpc) is 2.49. The average molecular weight is 292 g/mol. The normalized spacial score (nSPS) is 16.8. The van der Waals surface area contributed by atoms with Gasteiger partial charge in [-0.05, 0) is 44.0 Å². The number of hydrogen-bond acceptors (Lipinski definition) is 4. The molecule has 0 saturated carbocycles. The van der Waals surface area contributed by atoms with E-state index < -0.39 is 0 Å². The summed E-state index contributed by atoms with van der Waals surface area (Å²) in [5.41, 5.74) is 1.12. The summed E-state index contributed by atoms with van der Waals surface area (Å²) in [7, 11) is 5.73. The molecule has 0 atom stereocenters. The summed E-state index contributed by atoms with van der Waals surface area (Å²) in [4.78, 5) is 4.54. The number of likely N-dealkylation sites (tertiary alicyclic amines) is 1. The van der Waals surface area contributed by atoms with Crippen molar-refractivity contribution in [1.29, 1.82) is 0 Å². The molecule has 4 nitrogen and oxygen atoms in total. The molecule has 1 aliphatic heterocycles. The maximum atomic E-state index is 5.91. The highest BCUT2D eigenvalue weighted by Gasteiger charge is 2.15. The third-order valence-corrected chi connectivity index (χ3v) is 4.20. The van der Waals surface area contributed by atoms with E-state index in [1.165, 1.54) is 25.9 Å². The van der Waals surface area contributed by atoms with Crippen LogP contribution in [0.3, 0.4) is 0 Å². The van der Waals surface area contributed by atoms with Gasteiger partial charge in [-0.3, -0.25) is 4.90 Å². The van der Waals surface area contributed by atoms with Crippen LogP contribution < -0.4 is 14.4 Å². The molecular weight excluding hydrogens is 264 g/mol. The van der Waals surface area contributed by atoms with Crippen LogP contribution in [0, 0.1) is 5.92 Å². The molecule has 0 amide bonds. The molecule has 0 aromatic heterocycles. The van der Waals surface area contributed by atoms with E-state index in [1.807, 2.05) is 26.2 Å². The molecule has 0 N–H and O–H groups in total. The minimum absolute atomic E-state index is 0.714. The Labute approximate surface area is 128 Å². The second-order valence-electron chi connectivity index (χ2n) is 6.10. The fraction of sp³-hybridized carbons (Fsp3) is 0.647. The molecule has 4 heteroatoms. The molecule has 2 rings (SSSR count). The van der Waals surface area contributed by atoms with Gasteiger partial charge in [0, 0.05) is 32.4 Å². The van der Waals surface area contributed by atoms with Crippen molar-refractivity contribution in [2.75, 3.05) is 52.3 Å². The summed E-state index contributed by atoms with van der Waals surface area (Å²) in [6.07, 6.45) is 2.61. The first kappa shape index (κ1) is 16.0. The topological polar surface area (TPSA) is 24.9 Å². The fourth-order valence-electron chi connectivity index (χ4n) is 2.62. The van der Waals surface area contributed by atoms with Crippen LogP contribution >= 0.6 is 0 Å². The van der Waals surface area contributed by atoms with Gasteiger partial charge in [-0.1, -0.05) is 6.92 Å². The minimum Gasteiger partial charge on any atom is -0.493 e. The van der Waals surface area contributed by atoms with Gasteiger partial charge in [0.2, 0.25) is 0 Å². The predicted octanol–water partition coefficient (Wildman–Crippen LogP) is 2.87. The number of hydrogen-bond donors (Lipinski definition) is 0. The van der Waals surface area contributed by atoms with E-state index in [0.29, 0.717) is 6.61 Å². The highest BCUT2D eigenvalue weighted by Crippen LogP contribution is 2.31. The first-order valence-corrected chi connectivity index (χ1v) is 7.80. The molecule has 0 bridgehead atoms. The van der Waals surface area contributed by atoms with Gasteiger partial charge < -0.3 is 14.4 Å². The first-order chi connectivity index (χ1) is 10.1. The molecule has 1 heterocycles. The van der Waals surface area contributed by atoms with Gasteiger partial charge >= 0.3 is 0 Å². The first-order valence-electron chi connectivity index (χ1n) is 7.80. The third-order valence-electron chi connectivity index (χ3n) is 4.20. The van der Waals surface area contributed by atoms with Crippen molar-refractivity contribution < 1.29 is 9.47 Å². The van der Waals surface area contributed by atoms with Gasteiger partial charge in [0.15, 0.2) is 11.5 Å². The zero-order valence-corrected chi connectivity index (χ0v) is 13.8. The highest BCUT2D eigenvalue weighted by molar-refractivity contribution is 5.55. The SMILES string of the molecule is COc1cc(N(C)C)ccc1OCCN1CCC(C)CC1. The number of nitrogens with zero attached hydrogens (tertiary/aromatic N) is 2. The van der Waals surface area contributed by atoms with Crippen LogP contribution in [0.15, 0.2) is 18.2 Å². The Kier molecular flexibility index (Phi) is 5.74. The van der Waals surface area contributed by atoms with Crippen molar-refractivity contribution in [3.05, 3.63) is 18.2 Å². The van der Waals surface area contributed by atoms with Gasteiger partial charge in [-0.2, -0.15) is 0 Å². The van der Waals surface area contributed by atoms with Crippen molar-refractivity contribution >= 4 is 5.69 Å². The van der Waals surface area contributed by atoms with Crippen LogP contribution in [0.4, 0.5) is 5.69 Å². The second kappa shape index (κ2) is 7.55. The monoisotopic (exact) mass is 292 g/mol. The Morgan fingerprint density at radius 2 is 1.90 bits per heavy atom. The molecule has 1 aromatic carbocycles. The summed E-state index contributed by atoms with van der Waals surface area (Å²) in [6, 6.07) is 6.06. The quantitative estimate of drug-likeness (QED) is 0.805. The van der Waals surface area contributed by atoms with Crippen molar-refractivity contribution in [2.45, 2.75) is 19.8 Å². The van der Waals surface area contributed by atoms with Crippen molar-refractivity contribution in [3.8, 4) is 11.5 Å². The fourth-order valence-corrected chi connectivity index (χ4v) is 2.62. The lowest BCUT2D eigenvalue weighted by Gasteiger charge is -2.30. The number of ether oxygens (including phenoxy) is 2. The molecular formula is C17H28N2O2. The summed E-state index contributed by atoms with van der Waals surface area (Å²) in [6.45, 7) is 6.44. The molecule has 1 fully saturated rings. The molecule has 0 radical (unpaired) electrons. The lowest BCUT2D eigenvalue weighted by molar-refractivity contribution is 0.158. The van der Waals surface area contributed by atoms with Gasteiger partial charge in [-0.15, -0.1) is 0 Å². The third kappa shape index (κ3) is 4.53. The summed E-state index contributed by atoms with van der Waals surface area (Å²) < 4.78 is 11.3. The molecule has 1 aromatic rings. The lowest BCUT2D eigenvalue weighted by Crippen LogP contribution is -2.35. The molecule has 0 unspecified atom stereocenters. The van der Waals surface area contributed by atoms with Gasteiger partial charge in [0.05, 0.1) is 7.11 Å². The van der Waals surface area contributed by atoms with Crippen LogP contribution in [0.25, 0.3) is 0 Å². The van der Waals surface area contributed by atoms with Crippen LogP contribution in [-0.2, 0) is 0 Å². The van der Waals surface area contributed by atoms with Gasteiger partial charge in [-0.25, -0.2) is 0 Å². The van der Waals surface area contributed by atoms with Gasteiger partial charge in [0.25, 0.3) is 0 Å². The van der Waals surface area contributed by atoms with Crippen LogP contribution in [0.5, 0.6) is 11.5 Å². The number of methoxy groups -OCH3 is 1. The molecule has 118 valence electrons. The van der Waals surface area contributed by atoms with Crippen molar-refractivity contribution in [2.24, 2.45) is 5.92 Å². The van der Waals surface area contributed by atoms with Crippen LogP contribution in [0.2, 0.25) is 0 Å². The van der Waals surface area contributed by atoms with Crippen LogP contribution in [0.1, 0.15) is 19.8 Å². The second-order valence-corrected chi connectivity index (χ2v) is 6.10. The van der Waals surface area contributed by atoms with E-state index >= 15 is 0 Å². The standard InChI is InChI=1S/C17H28N2O2/c1-14-7-9-19(10-8-14)11-12-21-16-6-5-15(18(2)3)13-17(16)20-4/h5-6,13-14H,7-12H2,1-4H3. The minimum atomic E-state index is 0.714. The maximum absolute atomic E-state index is 5.91. The molecule has 0 spiro atoms. The highest BCUT2D eigenvalue weighted by atomic mass is 16.5. The maximum Gasteiger partial charge on any atom is 0.162 e. The zero-order valence-electron chi connectivity index (χ0n) is 13.8. The molecule has 0 aliphatic carbocycles. The Balaban J connectivity index is 1.85. The zero-order chi connectivity index (χ0) is 15.2. The van der Waals surface area contributed by atoms with E-state index in [4.69, 9.17) is 9.47 Å². The van der Waals surface area contributed by atoms with Crippen LogP contribution in [-0.4, -0.2) is 52.3 Å². The molecule has 21 heavy (non-hydrogen) atoms. The number of piperidine rings is 1. The number of anilines is 1. The van der Waals surface area contributed by atoms with E-state index in [0.717, 1.165) is 29.6 Å². The number of benzene rings is 1. The van der Waals surface area contributed by atoms with E-state index in [1.54, 1.807) is 7.11 Å². The number of rotatable bonds is 6. The van der Waals surface area contributed by atoms with E-state index in [9.17, 15) is 0 Å². The smallest absolute Gasteiger partial charge is 0.162 e. The largest absolute Gasteiger partial charge is 0.493 e. The Morgan fingerprint density at radius 1 is 1.19 bits per heavy atom. The Hall–Kier alpha value is -1.42. The van der Waals surface area contributed by atoms with E-state index in [2.05, 4.69) is 22.8 Å². The summed E-state index contributed by atoms with van der Waals surface area (Å²) in [5.74, 6) is 2.50. The van der Waals surface area contributed by atoms with E-state index in [-0.39, 0.29) is 0 Å². The lowest BCUT2D eigenvalue weighted by atomic mass is 9.99. The van der Waals surface area contributed by atoms with Crippen molar-refractivity contribution in [3.63, 3.8) is 0 Å². The van der Waals surface area contributed by atoms with Gasteiger partial charge in [0.1, 0.15) is 6.61 Å². The summed E-state index contributed by atoms with van der Waals surface area (Å²) in [5, 5.41) is 0. The predicted molar refractivity (Wildman–Crippen MR) is 87.7 cm³/mol. The molecule has 1 saturated heterocycles. The van der Waals surface area contributed by atoms with Crippen molar-refractivity contribution in [1.82, 2.24) is 4.90 Å². The summed E-state index contributed by atoms with van der Waals surface area (Å²) >= 11 is 0. The Morgan fingerprint density at radius 3 is 2.52 bits per heavy atom. The molecule has 1 aliphatic rings.